The van der Waals surface area contributed by atoms with E-state index >= 15 is 0 Å². The Bertz CT molecular complexity index is 769. The number of primary amides is 1. The largest absolute Gasteiger partial charge is 0.480 e. The monoisotopic (exact) mass is 470 g/mol. The van der Waals surface area contributed by atoms with E-state index in [-0.39, 0.29) is 25.3 Å². The minimum absolute atomic E-state index is 0.0565. The van der Waals surface area contributed by atoms with E-state index in [1.807, 2.05) is 0 Å². The first-order valence-corrected chi connectivity index (χ1v) is 10.7. The Labute approximate surface area is 191 Å². The molecule has 1 aliphatic rings. The summed E-state index contributed by atoms with van der Waals surface area (Å²) in [4.78, 5) is 65.2. The first-order valence-electron chi connectivity index (χ1n) is 10.7. The van der Waals surface area contributed by atoms with Gasteiger partial charge in [0.1, 0.15) is 18.1 Å². The number of hydrogen-bond donors (Lipinski definition) is 7. The van der Waals surface area contributed by atoms with Crippen LogP contribution in [0.15, 0.2) is 4.99 Å². The summed E-state index contributed by atoms with van der Waals surface area (Å²) in [6.45, 7) is 2.08. The van der Waals surface area contributed by atoms with Gasteiger partial charge in [-0.2, -0.15) is 0 Å². The standard InChI is InChI=1S/C19H34N8O6/c1-10(25-15(29)11(20)4-2-8-24-19(22)23)17(31)27-9-3-5-13(27)16(30)26-12(18(32)33)6-7-14(21)28/h10-13H,2-9,20H2,1H3,(H2,21,28)(H,25,29)(H,26,30)(H,32,33)(H4,22,23,24). The van der Waals surface area contributed by atoms with Gasteiger partial charge in [0.15, 0.2) is 5.96 Å². The molecule has 14 heteroatoms. The molecule has 0 saturated carbocycles. The van der Waals surface area contributed by atoms with E-state index in [0.717, 1.165) is 0 Å². The molecule has 1 saturated heterocycles. The molecule has 0 aromatic rings. The van der Waals surface area contributed by atoms with E-state index < -0.39 is 53.8 Å². The van der Waals surface area contributed by atoms with Crippen molar-refractivity contribution in [3.8, 4) is 0 Å². The van der Waals surface area contributed by atoms with Gasteiger partial charge in [0.2, 0.25) is 23.6 Å². The van der Waals surface area contributed by atoms with Crippen molar-refractivity contribution in [2.45, 2.75) is 69.6 Å². The summed E-state index contributed by atoms with van der Waals surface area (Å²) in [5.74, 6) is -3.72. The summed E-state index contributed by atoms with van der Waals surface area (Å²) in [7, 11) is 0. The molecular formula is C19H34N8O6. The predicted molar refractivity (Wildman–Crippen MR) is 118 cm³/mol. The van der Waals surface area contributed by atoms with Crippen LogP contribution in [0.2, 0.25) is 0 Å². The highest BCUT2D eigenvalue weighted by atomic mass is 16.4. The second-order valence-electron chi connectivity index (χ2n) is 7.88. The Balaban J connectivity index is 2.65. The van der Waals surface area contributed by atoms with Gasteiger partial charge in [-0.05, 0) is 39.0 Å². The van der Waals surface area contributed by atoms with Crippen molar-refractivity contribution in [1.82, 2.24) is 15.5 Å². The molecule has 14 nitrogen and oxygen atoms in total. The van der Waals surface area contributed by atoms with Gasteiger partial charge < -0.3 is 43.6 Å². The summed E-state index contributed by atoms with van der Waals surface area (Å²) in [5, 5.41) is 14.2. The second-order valence-corrected chi connectivity index (χ2v) is 7.88. The van der Waals surface area contributed by atoms with Gasteiger partial charge in [-0.25, -0.2) is 4.79 Å². The summed E-state index contributed by atoms with van der Waals surface area (Å²) >= 11 is 0. The molecule has 1 heterocycles. The van der Waals surface area contributed by atoms with Gasteiger partial charge >= 0.3 is 5.97 Å². The fourth-order valence-corrected chi connectivity index (χ4v) is 3.40. The Morgan fingerprint density at radius 2 is 1.79 bits per heavy atom. The maximum absolute atomic E-state index is 12.9. The number of likely N-dealkylation sites (tertiary alicyclic amines) is 1. The van der Waals surface area contributed by atoms with Gasteiger partial charge in [-0.15, -0.1) is 0 Å². The molecule has 11 N–H and O–H groups in total. The van der Waals surface area contributed by atoms with E-state index in [9.17, 15) is 29.1 Å². The van der Waals surface area contributed by atoms with Crippen LogP contribution in [0, 0.1) is 0 Å². The highest BCUT2D eigenvalue weighted by Crippen LogP contribution is 2.19. The summed E-state index contributed by atoms with van der Waals surface area (Å²) in [6.07, 6.45) is 1.28. The number of carboxylic acid groups (broad SMARTS) is 1. The molecule has 33 heavy (non-hydrogen) atoms. The Kier molecular flexibility index (Phi) is 11.0. The maximum atomic E-state index is 12.9. The number of carbonyl (C=O) groups excluding carboxylic acids is 4. The fourth-order valence-electron chi connectivity index (χ4n) is 3.40. The lowest BCUT2D eigenvalue weighted by atomic mass is 10.1. The Morgan fingerprint density at radius 3 is 2.36 bits per heavy atom. The molecule has 0 aliphatic carbocycles. The second kappa shape index (κ2) is 13.2. The molecule has 0 bridgehead atoms. The number of carbonyl (C=O) groups is 5. The number of aliphatic carboxylic acids is 1. The molecule has 1 rings (SSSR count). The van der Waals surface area contributed by atoms with Gasteiger partial charge in [0, 0.05) is 19.5 Å². The molecular weight excluding hydrogens is 436 g/mol. The maximum Gasteiger partial charge on any atom is 0.326 e. The smallest absolute Gasteiger partial charge is 0.326 e. The third-order valence-corrected chi connectivity index (χ3v) is 5.17. The quantitative estimate of drug-likeness (QED) is 0.0807. The summed E-state index contributed by atoms with van der Waals surface area (Å²) in [6, 6.07) is -4.01. The molecule has 4 atom stereocenters. The van der Waals surface area contributed by atoms with Crippen LogP contribution in [0.1, 0.15) is 45.4 Å². The van der Waals surface area contributed by atoms with Crippen molar-refractivity contribution in [3.05, 3.63) is 0 Å². The van der Waals surface area contributed by atoms with Crippen molar-refractivity contribution < 1.29 is 29.1 Å². The zero-order valence-corrected chi connectivity index (χ0v) is 18.7. The van der Waals surface area contributed by atoms with Crippen LogP contribution in [-0.4, -0.2) is 82.8 Å². The van der Waals surface area contributed by atoms with Crippen LogP contribution in [0.25, 0.3) is 0 Å². The van der Waals surface area contributed by atoms with E-state index in [1.54, 1.807) is 0 Å². The van der Waals surface area contributed by atoms with E-state index in [2.05, 4.69) is 15.6 Å². The van der Waals surface area contributed by atoms with Crippen molar-refractivity contribution in [1.29, 1.82) is 0 Å². The molecule has 0 aromatic heterocycles. The number of aliphatic imine (C=N–C) groups is 1. The number of nitrogens with zero attached hydrogens (tertiary/aromatic N) is 2. The van der Waals surface area contributed by atoms with Gasteiger partial charge in [0.25, 0.3) is 0 Å². The molecule has 186 valence electrons. The molecule has 1 aliphatic heterocycles. The molecule has 0 aromatic carbocycles. The van der Waals surface area contributed by atoms with E-state index in [0.29, 0.717) is 32.2 Å². The first kappa shape index (κ1) is 27.6. The average Bonchev–Trinajstić information content (AvgIpc) is 3.22. The SMILES string of the molecule is CC(NC(=O)C(N)CCCN=C(N)N)C(=O)N1CCCC1C(=O)NC(CCC(N)=O)C(=O)O. The van der Waals surface area contributed by atoms with Crippen molar-refractivity contribution in [2.24, 2.45) is 27.9 Å². The third-order valence-electron chi connectivity index (χ3n) is 5.17. The van der Waals surface area contributed by atoms with Gasteiger partial charge in [-0.3, -0.25) is 24.2 Å². The zero-order chi connectivity index (χ0) is 25.1. The molecule has 4 unspecified atom stereocenters. The number of hydrogen-bond acceptors (Lipinski definition) is 7. The lowest BCUT2D eigenvalue weighted by Gasteiger charge is -2.28. The predicted octanol–water partition coefficient (Wildman–Crippen LogP) is -3.30. The Hall–Kier alpha value is -3.42. The number of rotatable bonds is 13. The lowest BCUT2D eigenvalue weighted by Crippen LogP contribution is -2.56. The fraction of sp³-hybridized carbons (Fsp3) is 0.684. The van der Waals surface area contributed by atoms with Crippen LogP contribution in [0.5, 0.6) is 0 Å². The van der Waals surface area contributed by atoms with E-state index in [1.165, 1.54) is 11.8 Å². The normalized spacial score (nSPS) is 18.0. The molecule has 1 fully saturated rings. The number of guanidine groups is 1. The number of nitrogens with two attached hydrogens (primary N) is 4. The van der Waals surface area contributed by atoms with Crippen LogP contribution < -0.4 is 33.6 Å². The van der Waals surface area contributed by atoms with Gasteiger partial charge in [-0.1, -0.05) is 0 Å². The number of amides is 4. The lowest BCUT2D eigenvalue weighted by molar-refractivity contribution is -0.145. The Morgan fingerprint density at radius 1 is 1.12 bits per heavy atom. The zero-order valence-electron chi connectivity index (χ0n) is 18.7. The number of carboxylic acids is 1. The summed E-state index contributed by atoms with van der Waals surface area (Å²) < 4.78 is 0. The molecule has 4 amide bonds. The van der Waals surface area contributed by atoms with Crippen LogP contribution in [-0.2, 0) is 24.0 Å². The van der Waals surface area contributed by atoms with Gasteiger partial charge in [0.05, 0.1) is 6.04 Å². The summed E-state index contributed by atoms with van der Waals surface area (Å²) in [5.41, 5.74) is 21.3. The minimum Gasteiger partial charge on any atom is -0.480 e. The topological polar surface area (TPSA) is 249 Å². The average molecular weight is 471 g/mol. The van der Waals surface area contributed by atoms with Crippen molar-refractivity contribution in [2.75, 3.05) is 13.1 Å². The van der Waals surface area contributed by atoms with E-state index in [4.69, 9.17) is 22.9 Å². The number of nitrogens with one attached hydrogen (secondary N) is 2. The minimum atomic E-state index is -1.31. The van der Waals surface area contributed by atoms with Crippen molar-refractivity contribution in [3.63, 3.8) is 0 Å². The molecule has 0 spiro atoms. The molecule has 0 radical (unpaired) electrons. The van der Waals surface area contributed by atoms with Crippen LogP contribution >= 0.6 is 0 Å². The highest BCUT2D eigenvalue weighted by molar-refractivity contribution is 5.94. The van der Waals surface area contributed by atoms with Crippen molar-refractivity contribution >= 4 is 35.6 Å². The van der Waals surface area contributed by atoms with Crippen LogP contribution in [0.4, 0.5) is 0 Å². The first-order chi connectivity index (χ1) is 15.4. The third kappa shape index (κ3) is 9.31. The van der Waals surface area contributed by atoms with Crippen LogP contribution in [0.3, 0.4) is 0 Å². The highest BCUT2D eigenvalue weighted by Gasteiger charge is 2.37.